The van der Waals surface area contributed by atoms with Crippen molar-refractivity contribution < 1.29 is 0 Å². The van der Waals surface area contributed by atoms with E-state index in [1.807, 2.05) is 18.4 Å². The van der Waals surface area contributed by atoms with Crippen LogP contribution in [0.2, 0.25) is 0 Å². The average molecular weight is 262 g/mol. The van der Waals surface area contributed by atoms with Crippen LogP contribution in [0.1, 0.15) is 5.56 Å². The van der Waals surface area contributed by atoms with Gasteiger partial charge in [0.1, 0.15) is 11.5 Å². The Balaban J connectivity index is 2.32. The van der Waals surface area contributed by atoms with E-state index in [-0.39, 0.29) is 0 Å². The lowest BCUT2D eigenvalue weighted by Gasteiger charge is -2.02. The number of pyridine rings is 1. The van der Waals surface area contributed by atoms with Gasteiger partial charge in [0.05, 0.1) is 5.69 Å². The Labute approximate surface area is 109 Å². The molecule has 0 unspecified atom stereocenters. The van der Waals surface area contributed by atoms with Gasteiger partial charge in [0.2, 0.25) is 0 Å². The van der Waals surface area contributed by atoms with Crippen molar-refractivity contribution >= 4 is 28.2 Å². The van der Waals surface area contributed by atoms with Gasteiger partial charge in [-0.25, -0.2) is 9.97 Å². The molecular formula is C11H14N6S. The third kappa shape index (κ3) is 2.57. The smallest absolute Gasteiger partial charge is 0.194 e. The first-order chi connectivity index (χ1) is 8.60. The van der Waals surface area contributed by atoms with Gasteiger partial charge in [-0.3, -0.25) is 4.99 Å². The van der Waals surface area contributed by atoms with E-state index in [9.17, 15) is 0 Å². The van der Waals surface area contributed by atoms with E-state index >= 15 is 0 Å². The second-order valence-electron chi connectivity index (χ2n) is 3.67. The number of hydrogen-bond donors (Lipinski definition) is 3. The van der Waals surface area contributed by atoms with Crippen molar-refractivity contribution in [3.8, 4) is 11.4 Å². The molecule has 0 radical (unpaired) electrons. The highest BCUT2D eigenvalue weighted by molar-refractivity contribution is 7.14. The minimum absolute atomic E-state index is 0.327. The molecule has 0 saturated carbocycles. The molecule has 0 aliphatic rings. The molecule has 2 rings (SSSR count). The van der Waals surface area contributed by atoms with Gasteiger partial charge < -0.3 is 16.8 Å². The molecule has 18 heavy (non-hydrogen) atoms. The maximum absolute atomic E-state index is 5.68. The maximum atomic E-state index is 5.68. The molecule has 2 aromatic rings. The van der Waals surface area contributed by atoms with Gasteiger partial charge >= 0.3 is 0 Å². The van der Waals surface area contributed by atoms with E-state index in [0.717, 1.165) is 17.0 Å². The van der Waals surface area contributed by atoms with Crippen LogP contribution in [0.4, 0.5) is 10.9 Å². The summed E-state index contributed by atoms with van der Waals surface area (Å²) >= 11 is 1.44. The summed E-state index contributed by atoms with van der Waals surface area (Å²) in [6.45, 7) is 1.97. The molecule has 0 aliphatic heterocycles. The highest BCUT2D eigenvalue weighted by atomic mass is 32.1. The topological polar surface area (TPSA) is 102 Å². The molecular weight excluding hydrogens is 248 g/mol. The Kier molecular flexibility index (Phi) is 3.42. The number of nitrogens with one attached hydrogen (secondary N) is 1. The SMILES string of the molecule is CN=C(N)Nc1nc(-c2nc(N)ccc2C)cs1. The zero-order valence-corrected chi connectivity index (χ0v) is 11.0. The second kappa shape index (κ2) is 5.01. The third-order valence-corrected chi connectivity index (χ3v) is 3.10. The fraction of sp³-hybridized carbons (Fsp3) is 0.182. The van der Waals surface area contributed by atoms with Crippen LogP contribution in [0.25, 0.3) is 11.4 Å². The van der Waals surface area contributed by atoms with Gasteiger partial charge in [-0.15, -0.1) is 11.3 Å². The quantitative estimate of drug-likeness (QED) is 0.561. The van der Waals surface area contributed by atoms with Gasteiger partial charge in [-0.05, 0) is 18.6 Å². The number of guanidine groups is 1. The highest BCUT2D eigenvalue weighted by Crippen LogP contribution is 2.26. The zero-order chi connectivity index (χ0) is 13.1. The molecule has 94 valence electrons. The summed E-state index contributed by atoms with van der Waals surface area (Å²) in [6.07, 6.45) is 0. The summed E-state index contributed by atoms with van der Waals surface area (Å²) < 4.78 is 0. The highest BCUT2D eigenvalue weighted by Gasteiger charge is 2.09. The molecule has 2 aromatic heterocycles. The predicted molar refractivity (Wildman–Crippen MR) is 75.7 cm³/mol. The van der Waals surface area contributed by atoms with Crippen molar-refractivity contribution in [2.75, 3.05) is 18.1 Å². The minimum Gasteiger partial charge on any atom is -0.384 e. The van der Waals surface area contributed by atoms with Crippen molar-refractivity contribution in [2.45, 2.75) is 6.92 Å². The maximum Gasteiger partial charge on any atom is 0.194 e. The predicted octanol–water partition coefficient (Wildman–Crippen LogP) is 1.45. The van der Waals surface area contributed by atoms with Gasteiger partial charge in [0, 0.05) is 12.4 Å². The number of aliphatic imine (C=N–C) groups is 1. The number of aryl methyl sites for hydroxylation is 1. The molecule has 2 heterocycles. The molecule has 0 amide bonds. The van der Waals surface area contributed by atoms with Crippen molar-refractivity contribution in [3.63, 3.8) is 0 Å². The number of rotatable bonds is 2. The standard InChI is InChI=1S/C11H14N6S/c1-6-3-4-8(12)16-9(6)7-5-18-11(15-7)17-10(13)14-2/h3-5H,1-2H3,(H2,12,16)(H3,13,14,15,17). The molecule has 0 atom stereocenters. The van der Waals surface area contributed by atoms with Crippen molar-refractivity contribution in [2.24, 2.45) is 10.7 Å². The Morgan fingerprint density at radius 3 is 2.89 bits per heavy atom. The van der Waals surface area contributed by atoms with E-state index in [1.165, 1.54) is 11.3 Å². The normalized spacial score (nSPS) is 11.6. The lowest BCUT2D eigenvalue weighted by molar-refractivity contribution is 1.24. The first kappa shape index (κ1) is 12.3. The molecule has 0 fully saturated rings. The van der Waals surface area contributed by atoms with Gasteiger partial charge in [-0.1, -0.05) is 6.07 Å². The van der Waals surface area contributed by atoms with Crippen molar-refractivity contribution in [1.29, 1.82) is 0 Å². The number of aromatic nitrogens is 2. The van der Waals surface area contributed by atoms with Crippen LogP contribution in [-0.2, 0) is 0 Å². The van der Waals surface area contributed by atoms with Crippen LogP contribution < -0.4 is 16.8 Å². The van der Waals surface area contributed by atoms with E-state index in [4.69, 9.17) is 11.5 Å². The Hall–Kier alpha value is -2.15. The van der Waals surface area contributed by atoms with Gasteiger partial charge in [0.25, 0.3) is 0 Å². The van der Waals surface area contributed by atoms with E-state index < -0.39 is 0 Å². The lowest BCUT2D eigenvalue weighted by Crippen LogP contribution is -2.21. The molecule has 6 nitrogen and oxygen atoms in total. The second-order valence-corrected chi connectivity index (χ2v) is 4.53. The summed E-state index contributed by atoms with van der Waals surface area (Å²) in [4.78, 5) is 12.5. The molecule has 0 spiro atoms. The summed E-state index contributed by atoms with van der Waals surface area (Å²) in [6, 6.07) is 3.69. The van der Waals surface area contributed by atoms with Crippen LogP contribution in [0.5, 0.6) is 0 Å². The molecule has 0 aromatic carbocycles. The first-order valence-corrected chi connectivity index (χ1v) is 6.16. The largest absolute Gasteiger partial charge is 0.384 e. The summed E-state index contributed by atoms with van der Waals surface area (Å²) in [5, 5.41) is 5.47. The number of hydrogen-bond acceptors (Lipinski definition) is 5. The minimum atomic E-state index is 0.327. The number of anilines is 2. The Bertz CT molecular complexity index is 589. The average Bonchev–Trinajstić information content (AvgIpc) is 2.80. The van der Waals surface area contributed by atoms with Gasteiger partial charge in [-0.2, -0.15) is 0 Å². The molecule has 0 aliphatic carbocycles. The zero-order valence-electron chi connectivity index (χ0n) is 10.1. The number of nitrogens with zero attached hydrogens (tertiary/aromatic N) is 3. The Morgan fingerprint density at radius 2 is 2.17 bits per heavy atom. The van der Waals surface area contributed by atoms with Crippen LogP contribution in [0.15, 0.2) is 22.5 Å². The van der Waals surface area contributed by atoms with Crippen LogP contribution >= 0.6 is 11.3 Å². The fourth-order valence-corrected chi connectivity index (χ4v) is 2.11. The van der Waals surface area contributed by atoms with Crippen LogP contribution in [0.3, 0.4) is 0 Å². The molecule has 0 bridgehead atoms. The summed E-state index contributed by atoms with van der Waals surface area (Å²) in [5.41, 5.74) is 13.8. The number of nitrogens with two attached hydrogens (primary N) is 2. The van der Waals surface area contributed by atoms with Crippen molar-refractivity contribution in [1.82, 2.24) is 9.97 Å². The lowest BCUT2D eigenvalue weighted by atomic mass is 10.2. The first-order valence-electron chi connectivity index (χ1n) is 5.28. The molecule has 5 N–H and O–H groups in total. The number of nitrogen functional groups attached to an aromatic ring is 1. The van der Waals surface area contributed by atoms with E-state index in [1.54, 1.807) is 13.1 Å². The molecule has 7 heteroatoms. The Morgan fingerprint density at radius 1 is 1.39 bits per heavy atom. The van der Waals surface area contributed by atoms with Crippen LogP contribution in [-0.4, -0.2) is 23.0 Å². The molecule has 0 saturated heterocycles. The van der Waals surface area contributed by atoms with E-state index in [0.29, 0.717) is 16.9 Å². The van der Waals surface area contributed by atoms with Crippen molar-refractivity contribution in [3.05, 3.63) is 23.1 Å². The summed E-state index contributed by atoms with van der Waals surface area (Å²) in [5.74, 6) is 0.806. The van der Waals surface area contributed by atoms with Gasteiger partial charge in [0.15, 0.2) is 11.1 Å². The van der Waals surface area contributed by atoms with Crippen LogP contribution in [0, 0.1) is 6.92 Å². The monoisotopic (exact) mass is 262 g/mol. The fourth-order valence-electron chi connectivity index (χ4n) is 1.41. The third-order valence-electron chi connectivity index (χ3n) is 2.34. The number of thiazole rings is 1. The van der Waals surface area contributed by atoms with E-state index in [2.05, 4.69) is 20.3 Å². The summed E-state index contributed by atoms with van der Waals surface area (Å²) in [7, 11) is 1.61.